The van der Waals surface area contributed by atoms with Crippen LogP contribution in [0, 0.1) is 11.6 Å². The Morgan fingerprint density at radius 2 is 1.50 bits per heavy atom. The van der Waals surface area contributed by atoms with Crippen LogP contribution in [0.15, 0.2) is 60.8 Å². The minimum absolute atomic E-state index is 0.374. The first kappa shape index (κ1) is 14.1. The Morgan fingerprint density at radius 3 is 2.14 bits per heavy atom. The van der Waals surface area contributed by atoms with Gasteiger partial charge in [-0.2, -0.15) is 0 Å². The second-order valence-electron chi connectivity index (χ2n) is 4.80. The molecule has 0 aliphatic rings. The van der Waals surface area contributed by atoms with E-state index in [1.165, 1.54) is 30.5 Å². The first-order chi connectivity index (χ1) is 10.7. The van der Waals surface area contributed by atoms with Crippen LogP contribution in [0.3, 0.4) is 0 Å². The largest absolute Gasteiger partial charge is 0.298 e. The molecule has 3 rings (SSSR count). The molecule has 0 fully saturated rings. The molecule has 0 saturated heterocycles. The summed E-state index contributed by atoms with van der Waals surface area (Å²) in [6.07, 6.45) is 2.08. The quantitative estimate of drug-likeness (QED) is 0.666. The lowest BCUT2D eigenvalue weighted by Gasteiger charge is -2.10. The zero-order valence-electron chi connectivity index (χ0n) is 11.5. The van der Waals surface area contributed by atoms with E-state index in [0.717, 1.165) is 0 Å². The van der Waals surface area contributed by atoms with Gasteiger partial charge >= 0.3 is 0 Å². The molecule has 0 unspecified atom stereocenters. The van der Waals surface area contributed by atoms with Gasteiger partial charge in [-0.3, -0.25) is 9.78 Å². The number of benzene rings is 2. The number of nitrogens with zero attached hydrogens (tertiary/aromatic N) is 1. The maximum Gasteiger partial charge on any atom is 0.151 e. The van der Waals surface area contributed by atoms with Crippen molar-refractivity contribution in [3.63, 3.8) is 0 Å². The SMILES string of the molecule is O=Cc1cnc(-c2cccc(F)c2)c(-c2cccc(F)c2)c1. The van der Waals surface area contributed by atoms with Gasteiger partial charge in [-0.25, -0.2) is 8.78 Å². The fourth-order valence-electron chi connectivity index (χ4n) is 2.29. The molecule has 0 amide bonds. The number of hydrogen-bond acceptors (Lipinski definition) is 2. The van der Waals surface area contributed by atoms with Crippen LogP contribution in [0.25, 0.3) is 22.4 Å². The van der Waals surface area contributed by atoms with Crippen molar-refractivity contribution in [2.24, 2.45) is 0 Å². The normalized spacial score (nSPS) is 10.5. The third kappa shape index (κ3) is 2.76. The lowest BCUT2D eigenvalue weighted by molar-refractivity contribution is 0.112. The van der Waals surface area contributed by atoms with E-state index in [9.17, 15) is 13.6 Å². The molecular weight excluding hydrogens is 284 g/mol. The number of carbonyl (C=O) groups is 1. The van der Waals surface area contributed by atoms with Crippen LogP contribution in [0.1, 0.15) is 10.4 Å². The maximum atomic E-state index is 13.5. The van der Waals surface area contributed by atoms with E-state index in [4.69, 9.17) is 0 Å². The van der Waals surface area contributed by atoms with Crippen LogP contribution in [-0.4, -0.2) is 11.3 Å². The van der Waals surface area contributed by atoms with Gasteiger partial charge in [0.1, 0.15) is 11.6 Å². The van der Waals surface area contributed by atoms with Gasteiger partial charge in [0.2, 0.25) is 0 Å². The number of halogens is 2. The molecule has 2 nitrogen and oxygen atoms in total. The smallest absolute Gasteiger partial charge is 0.151 e. The summed E-state index contributed by atoms with van der Waals surface area (Å²) >= 11 is 0. The second-order valence-corrected chi connectivity index (χ2v) is 4.80. The van der Waals surface area contributed by atoms with Crippen molar-refractivity contribution in [1.82, 2.24) is 4.98 Å². The summed E-state index contributed by atoms with van der Waals surface area (Å²) in [5.74, 6) is -0.775. The van der Waals surface area contributed by atoms with E-state index in [0.29, 0.717) is 34.2 Å². The first-order valence-electron chi connectivity index (χ1n) is 6.64. The van der Waals surface area contributed by atoms with Gasteiger partial charge in [0.05, 0.1) is 5.69 Å². The molecular formula is C18H11F2NO. The molecule has 0 saturated carbocycles. The average molecular weight is 295 g/mol. The molecule has 0 spiro atoms. The van der Waals surface area contributed by atoms with Crippen LogP contribution < -0.4 is 0 Å². The van der Waals surface area contributed by atoms with Gasteiger partial charge in [0.25, 0.3) is 0 Å². The highest BCUT2D eigenvalue weighted by molar-refractivity contribution is 5.85. The lowest BCUT2D eigenvalue weighted by atomic mass is 9.98. The zero-order chi connectivity index (χ0) is 15.5. The number of rotatable bonds is 3. The van der Waals surface area contributed by atoms with Crippen molar-refractivity contribution in [2.75, 3.05) is 0 Å². The van der Waals surface area contributed by atoms with Crippen LogP contribution in [-0.2, 0) is 0 Å². The van der Waals surface area contributed by atoms with Gasteiger partial charge in [-0.05, 0) is 35.9 Å². The molecule has 3 aromatic rings. The Balaban J connectivity index is 2.24. The molecule has 1 aromatic heterocycles. The molecule has 0 atom stereocenters. The Labute approximate surface area is 126 Å². The molecule has 108 valence electrons. The molecule has 22 heavy (non-hydrogen) atoms. The maximum absolute atomic E-state index is 13.5. The number of pyridine rings is 1. The van der Waals surface area contributed by atoms with Crippen LogP contribution in [0.5, 0.6) is 0 Å². The van der Waals surface area contributed by atoms with Crippen molar-refractivity contribution in [2.45, 2.75) is 0 Å². The van der Waals surface area contributed by atoms with Crippen molar-refractivity contribution < 1.29 is 13.6 Å². The van der Waals surface area contributed by atoms with Crippen molar-refractivity contribution in [3.05, 3.63) is 78.0 Å². The van der Waals surface area contributed by atoms with E-state index >= 15 is 0 Å². The molecule has 2 aromatic carbocycles. The molecule has 4 heteroatoms. The fraction of sp³-hybridized carbons (Fsp3) is 0. The molecule has 0 aliphatic heterocycles. The van der Waals surface area contributed by atoms with E-state index < -0.39 is 0 Å². The van der Waals surface area contributed by atoms with Gasteiger partial charge in [0.15, 0.2) is 6.29 Å². The van der Waals surface area contributed by atoms with Gasteiger partial charge < -0.3 is 0 Å². The summed E-state index contributed by atoms with van der Waals surface area (Å²) in [7, 11) is 0. The van der Waals surface area contributed by atoms with Crippen molar-refractivity contribution >= 4 is 6.29 Å². The van der Waals surface area contributed by atoms with E-state index in [-0.39, 0.29) is 11.6 Å². The third-order valence-electron chi connectivity index (χ3n) is 3.28. The lowest BCUT2D eigenvalue weighted by Crippen LogP contribution is -1.93. The van der Waals surface area contributed by atoms with E-state index in [1.807, 2.05) is 0 Å². The summed E-state index contributed by atoms with van der Waals surface area (Å²) < 4.78 is 26.9. The third-order valence-corrected chi connectivity index (χ3v) is 3.28. The number of hydrogen-bond donors (Lipinski definition) is 0. The molecule has 1 heterocycles. The minimum Gasteiger partial charge on any atom is -0.298 e. The molecule has 0 N–H and O–H groups in total. The summed E-state index contributed by atoms with van der Waals surface area (Å²) in [6.45, 7) is 0. The minimum atomic E-state index is -0.390. The van der Waals surface area contributed by atoms with Gasteiger partial charge in [0, 0.05) is 22.9 Å². The Morgan fingerprint density at radius 1 is 0.864 bits per heavy atom. The van der Waals surface area contributed by atoms with Gasteiger partial charge in [-0.1, -0.05) is 24.3 Å². The Hall–Kier alpha value is -2.88. The van der Waals surface area contributed by atoms with E-state index in [1.54, 1.807) is 30.3 Å². The number of aldehydes is 1. The molecule has 0 aliphatic carbocycles. The molecule has 0 radical (unpaired) electrons. The fourth-order valence-corrected chi connectivity index (χ4v) is 2.29. The van der Waals surface area contributed by atoms with Crippen LogP contribution in [0.4, 0.5) is 8.78 Å². The molecule has 0 bridgehead atoms. The highest BCUT2D eigenvalue weighted by Gasteiger charge is 2.11. The summed E-state index contributed by atoms with van der Waals surface area (Å²) in [4.78, 5) is 15.2. The van der Waals surface area contributed by atoms with Gasteiger partial charge in [-0.15, -0.1) is 0 Å². The van der Waals surface area contributed by atoms with Crippen molar-refractivity contribution in [1.29, 1.82) is 0 Å². The monoisotopic (exact) mass is 295 g/mol. The Bertz CT molecular complexity index is 846. The standard InChI is InChI=1S/C18H11F2NO/c19-15-5-1-3-13(8-15)17-7-12(11-22)10-21-18(17)14-4-2-6-16(20)9-14/h1-11H. The summed E-state index contributed by atoms with van der Waals surface area (Å²) in [6, 6.07) is 13.6. The summed E-state index contributed by atoms with van der Waals surface area (Å²) in [5, 5.41) is 0. The Kier molecular flexibility index (Phi) is 3.74. The number of aromatic nitrogens is 1. The van der Waals surface area contributed by atoms with Crippen molar-refractivity contribution in [3.8, 4) is 22.4 Å². The first-order valence-corrected chi connectivity index (χ1v) is 6.64. The number of carbonyl (C=O) groups excluding carboxylic acids is 1. The average Bonchev–Trinajstić information content (AvgIpc) is 2.54. The highest BCUT2D eigenvalue weighted by atomic mass is 19.1. The predicted octanol–water partition coefficient (Wildman–Crippen LogP) is 4.51. The summed E-state index contributed by atoms with van der Waals surface area (Å²) in [5.41, 5.74) is 2.59. The predicted molar refractivity (Wildman–Crippen MR) is 80.4 cm³/mol. The highest BCUT2D eigenvalue weighted by Crippen LogP contribution is 2.31. The second kappa shape index (κ2) is 5.85. The van der Waals surface area contributed by atoms with Crippen LogP contribution in [0.2, 0.25) is 0 Å². The zero-order valence-corrected chi connectivity index (χ0v) is 11.5. The van der Waals surface area contributed by atoms with E-state index in [2.05, 4.69) is 4.98 Å². The topological polar surface area (TPSA) is 30.0 Å². The van der Waals surface area contributed by atoms with Crippen LogP contribution >= 0.6 is 0 Å².